The Labute approximate surface area is 223 Å². The van der Waals surface area contributed by atoms with Crippen LogP contribution in [0.3, 0.4) is 0 Å². The van der Waals surface area contributed by atoms with Crippen molar-refractivity contribution in [2.45, 2.75) is 39.2 Å². The van der Waals surface area contributed by atoms with Crippen molar-refractivity contribution in [3.05, 3.63) is 89.0 Å². The standard InChI is InChI=1S/C31H33NO6/c1-6-15-38-24-12-7-9-20(16-24)28-27(29(33)21-13-14-26(37-5)25(17-21)19(2)3)30(34)31(35)32(28)22-10-8-11-23(18-22)36-4/h7-14,16-19,28,33H,6,15H2,1-5H3/b29-27+. The van der Waals surface area contributed by atoms with Gasteiger partial charge in [0, 0.05) is 17.3 Å². The molecule has 1 N–H and O–H groups in total. The lowest BCUT2D eigenvalue weighted by atomic mass is 9.93. The monoisotopic (exact) mass is 515 g/mol. The molecule has 1 aliphatic heterocycles. The van der Waals surface area contributed by atoms with Gasteiger partial charge in [0.25, 0.3) is 11.7 Å². The maximum atomic E-state index is 13.5. The van der Waals surface area contributed by atoms with Gasteiger partial charge in [0.05, 0.1) is 32.4 Å². The molecule has 3 aromatic carbocycles. The summed E-state index contributed by atoms with van der Waals surface area (Å²) in [5, 5.41) is 11.6. The molecule has 1 aliphatic rings. The Hall–Kier alpha value is -4.26. The van der Waals surface area contributed by atoms with E-state index in [0.29, 0.717) is 40.7 Å². The highest BCUT2D eigenvalue weighted by molar-refractivity contribution is 6.51. The zero-order valence-electron chi connectivity index (χ0n) is 22.4. The summed E-state index contributed by atoms with van der Waals surface area (Å²) in [6.07, 6.45) is 0.835. The van der Waals surface area contributed by atoms with Crippen LogP contribution >= 0.6 is 0 Å². The van der Waals surface area contributed by atoms with Gasteiger partial charge < -0.3 is 19.3 Å². The van der Waals surface area contributed by atoms with Gasteiger partial charge in [-0.3, -0.25) is 14.5 Å². The average Bonchev–Trinajstić information content (AvgIpc) is 3.21. The smallest absolute Gasteiger partial charge is 0.300 e. The first-order valence-electron chi connectivity index (χ1n) is 12.7. The summed E-state index contributed by atoms with van der Waals surface area (Å²) >= 11 is 0. The fourth-order valence-corrected chi connectivity index (χ4v) is 4.66. The first-order chi connectivity index (χ1) is 18.3. The Morgan fingerprint density at radius 1 is 0.947 bits per heavy atom. The Kier molecular flexibility index (Phi) is 8.05. The molecule has 1 atom stereocenters. The maximum Gasteiger partial charge on any atom is 0.300 e. The van der Waals surface area contributed by atoms with E-state index >= 15 is 0 Å². The highest BCUT2D eigenvalue weighted by atomic mass is 16.5. The quantitative estimate of drug-likeness (QED) is 0.206. The number of ketones is 1. The van der Waals surface area contributed by atoms with Crippen LogP contribution in [-0.4, -0.2) is 37.6 Å². The summed E-state index contributed by atoms with van der Waals surface area (Å²) in [5.41, 5.74) is 2.43. The predicted molar refractivity (Wildman–Crippen MR) is 147 cm³/mol. The van der Waals surface area contributed by atoms with Gasteiger partial charge in [0.2, 0.25) is 0 Å². The third-order valence-electron chi connectivity index (χ3n) is 6.55. The van der Waals surface area contributed by atoms with Crippen molar-refractivity contribution in [3.8, 4) is 17.2 Å². The van der Waals surface area contributed by atoms with Crippen LogP contribution in [0.1, 0.15) is 55.8 Å². The summed E-state index contributed by atoms with van der Waals surface area (Å²) in [4.78, 5) is 28.5. The number of amides is 1. The third kappa shape index (κ3) is 5.09. The molecule has 38 heavy (non-hydrogen) atoms. The molecule has 1 amide bonds. The Morgan fingerprint density at radius 2 is 1.68 bits per heavy atom. The number of carbonyl (C=O) groups excluding carboxylic acids is 2. The van der Waals surface area contributed by atoms with Crippen LogP contribution in [0.5, 0.6) is 17.2 Å². The van der Waals surface area contributed by atoms with E-state index in [1.165, 1.54) is 12.0 Å². The number of Topliss-reactive ketones (excluding diaryl/α,β-unsaturated/α-hetero) is 1. The topological polar surface area (TPSA) is 85.3 Å². The van der Waals surface area contributed by atoms with Crippen LogP contribution in [0.2, 0.25) is 0 Å². The van der Waals surface area contributed by atoms with Crippen molar-refractivity contribution >= 4 is 23.1 Å². The second-order valence-electron chi connectivity index (χ2n) is 9.40. The molecule has 1 saturated heterocycles. The predicted octanol–water partition coefficient (Wildman–Crippen LogP) is 6.24. The van der Waals surface area contributed by atoms with Gasteiger partial charge in [0.1, 0.15) is 23.0 Å². The van der Waals surface area contributed by atoms with Crippen LogP contribution in [0.25, 0.3) is 5.76 Å². The van der Waals surface area contributed by atoms with Crippen LogP contribution in [0.4, 0.5) is 5.69 Å². The van der Waals surface area contributed by atoms with Gasteiger partial charge in [-0.2, -0.15) is 0 Å². The Morgan fingerprint density at radius 3 is 2.37 bits per heavy atom. The van der Waals surface area contributed by atoms with E-state index in [1.807, 2.05) is 39.0 Å². The number of aliphatic hydroxyl groups excluding tert-OH is 1. The molecular formula is C31H33NO6. The molecule has 0 bridgehead atoms. The van der Waals surface area contributed by atoms with Gasteiger partial charge >= 0.3 is 0 Å². The fraction of sp³-hybridized carbons (Fsp3) is 0.290. The molecule has 0 aromatic heterocycles. The van der Waals surface area contributed by atoms with E-state index in [2.05, 4.69) is 0 Å². The van der Waals surface area contributed by atoms with Crippen molar-refractivity contribution in [1.29, 1.82) is 0 Å². The van der Waals surface area contributed by atoms with E-state index in [1.54, 1.807) is 55.6 Å². The van der Waals surface area contributed by atoms with E-state index < -0.39 is 17.7 Å². The molecular weight excluding hydrogens is 482 g/mol. The van der Waals surface area contributed by atoms with E-state index in [-0.39, 0.29) is 17.3 Å². The first kappa shape index (κ1) is 26.8. The fourth-order valence-electron chi connectivity index (χ4n) is 4.66. The van der Waals surface area contributed by atoms with Gasteiger partial charge in [-0.25, -0.2) is 0 Å². The molecule has 4 rings (SSSR count). The van der Waals surface area contributed by atoms with Crippen molar-refractivity contribution < 1.29 is 28.9 Å². The minimum atomic E-state index is -0.878. The van der Waals surface area contributed by atoms with Crippen LogP contribution in [0.15, 0.2) is 72.3 Å². The van der Waals surface area contributed by atoms with Gasteiger partial charge in [-0.05, 0) is 65.9 Å². The van der Waals surface area contributed by atoms with E-state index in [0.717, 1.165) is 12.0 Å². The number of anilines is 1. The number of ether oxygens (including phenoxy) is 3. The minimum absolute atomic E-state index is 0.00494. The van der Waals surface area contributed by atoms with Gasteiger partial charge in [-0.1, -0.05) is 39.0 Å². The lowest BCUT2D eigenvalue weighted by Gasteiger charge is -2.26. The van der Waals surface area contributed by atoms with E-state index in [4.69, 9.17) is 14.2 Å². The summed E-state index contributed by atoms with van der Waals surface area (Å²) in [6, 6.07) is 18.6. The molecule has 1 fully saturated rings. The molecule has 3 aromatic rings. The lowest BCUT2D eigenvalue weighted by molar-refractivity contribution is -0.132. The summed E-state index contributed by atoms with van der Waals surface area (Å²) in [7, 11) is 3.13. The molecule has 7 heteroatoms. The number of methoxy groups -OCH3 is 2. The SMILES string of the molecule is CCCOc1cccc(C2/C(=C(\O)c3ccc(OC)c(C(C)C)c3)C(=O)C(=O)N2c2cccc(OC)c2)c1. The van der Waals surface area contributed by atoms with Gasteiger partial charge in [0.15, 0.2) is 0 Å². The van der Waals surface area contributed by atoms with Crippen molar-refractivity contribution in [2.24, 2.45) is 0 Å². The zero-order valence-corrected chi connectivity index (χ0v) is 22.4. The number of hydrogen-bond acceptors (Lipinski definition) is 6. The molecule has 0 radical (unpaired) electrons. The Bertz CT molecular complexity index is 1380. The number of aliphatic hydroxyl groups is 1. The number of rotatable bonds is 9. The molecule has 0 aliphatic carbocycles. The second kappa shape index (κ2) is 11.4. The van der Waals surface area contributed by atoms with Crippen molar-refractivity contribution in [2.75, 3.05) is 25.7 Å². The molecule has 0 spiro atoms. The number of benzene rings is 3. The highest BCUT2D eigenvalue weighted by Crippen LogP contribution is 2.44. The Balaban J connectivity index is 1.94. The normalized spacial score (nSPS) is 16.7. The average molecular weight is 516 g/mol. The zero-order chi connectivity index (χ0) is 27.4. The third-order valence-corrected chi connectivity index (χ3v) is 6.55. The molecule has 1 unspecified atom stereocenters. The highest BCUT2D eigenvalue weighted by Gasteiger charge is 2.47. The summed E-state index contributed by atoms with van der Waals surface area (Å²) in [5.74, 6) is 0.209. The van der Waals surface area contributed by atoms with Crippen LogP contribution < -0.4 is 19.1 Å². The summed E-state index contributed by atoms with van der Waals surface area (Å²) < 4.78 is 16.7. The van der Waals surface area contributed by atoms with Crippen LogP contribution in [0, 0.1) is 0 Å². The largest absolute Gasteiger partial charge is 0.507 e. The lowest BCUT2D eigenvalue weighted by Crippen LogP contribution is -2.29. The molecule has 198 valence electrons. The van der Waals surface area contributed by atoms with E-state index in [9.17, 15) is 14.7 Å². The minimum Gasteiger partial charge on any atom is -0.507 e. The van der Waals surface area contributed by atoms with Crippen molar-refractivity contribution in [1.82, 2.24) is 0 Å². The van der Waals surface area contributed by atoms with Crippen molar-refractivity contribution in [3.63, 3.8) is 0 Å². The molecule has 7 nitrogen and oxygen atoms in total. The van der Waals surface area contributed by atoms with Gasteiger partial charge in [-0.15, -0.1) is 0 Å². The number of nitrogens with zero attached hydrogens (tertiary/aromatic N) is 1. The molecule has 1 heterocycles. The van der Waals surface area contributed by atoms with Crippen LogP contribution in [-0.2, 0) is 9.59 Å². The summed E-state index contributed by atoms with van der Waals surface area (Å²) in [6.45, 7) is 6.58. The molecule has 0 saturated carbocycles. The first-order valence-corrected chi connectivity index (χ1v) is 12.7. The number of carbonyl (C=O) groups is 2. The number of hydrogen-bond donors (Lipinski definition) is 1. The maximum absolute atomic E-state index is 13.5. The second-order valence-corrected chi connectivity index (χ2v) is 9.40.